The number of amides is 3. The second kappa shape index (κ2) is 12.8. The van der Waals surface area contributed by atoms with E-state index >= 15 is 0 Å². The van der Waals surface area contributed by atoms with E-state index in [9.17, 15) is 23.6 Å². The Labute approximate surface area is 250 Å². The fourth-order valence-corrected chi connectivity index (χ4v) is 4.89. The lowest BCUT2D eigenvalue weighted by atomic mass is 10.1. The zero-order valence-electron chi connectivity index (χ0n) is 22.7. The van der Waals surface area contributed by atoms with Crippen molar-refractivity contribution >= 4 is 57.2 Å². The number of fused-ring (bicyclic) bond motifs is 1. The van der Waals surface area contributed by atoms with Gasteiger partial charge in [0.1, 0.15) is 35.2 Å². The van der Waals surface area contributed by atoms with Gasteiger partial charge in [0.15, 0.2) is 0 Å². The number of hydrogen-bond acceptors (Lipinski definition) is 6. The molecule has 5 rings (SSSR count). The SMILES string of the molecule is C=CC(=O)Nc1ccc2ncc(C#N)c(Nc3ccc(OC4CCN(C(=O)Nc5c(F)cccc5F)CC4)c(Cl)c3)c2c1. The van der Waals surface area contributed by atoms with Crippen LogP contribution in [0.3, 0.4) is 0 Å². The van der Waals surface area contributed by atoms with Crippen molar-refractivity contribution in [2.75, 3.05) is 29.0 Å². The van der Waals surface area contributed by atoms with Gasteiger partial charge in [0.05, 0.1) is 21.8 Å². The second-order valence-electron chi connectivity index (χ2n) is 9.69. The molecule has 0 atom stereocenters. The Balaban J connectivity index is 1.25. The molecule has 9 nitrogen and oxygen atoms in total. The zero-order chi connectivity index (χ0) is 30.5. The van der Waals surface area contributed by atoms with E-state index in [1.54, 1.807) is 36.4 Å². The van der Waals surface area contributed by atoms with Gasteiger partial charge in [-0.3, -0.25) is 9.78 Å². The standard InChI is InChI=1S/C31H25ClF2N6O3/c1-2-28(41)37-19-6-8-26-22(14-19)29(18(16-35)17-36-26)38-20-7-9-27(23(32)15-20)43-21-10-12-40(13-11-21)31(42)39-30-24(33)4-3-5-25(30)34/h2-9,14-15,17,21H,1,10-13H2,(H,36,38)(H,37,41)(H,39,42). The summed E-state index contributed by atoms with van der Waals surface area (Å²) >= 11 is 6.56. The Hall–Kier alpha value is -5.21. The van der Waals surface area contributed by atoms with Crippen molar-refractivity contribution in [2.45, 2.75) is 18.9 Å². The van der Waals surface area contributed by atoms with Crippen LogP contribution in [0.1, 0.15) is 18.4 Å². The van der Waals surface area contributed by atoms with E-state index in [0.29, 0.717) is 70.2 Å². The third-order valence-corrected chi connectivity index (χ3v) is 7.16. The lowest BCUT2D eigenvalue weighted by Crippen LogP contribution is -2.44. The minimum absolute atomic E-state index is 0.232. The number of benzene rings is 3. The smallest absolute Gasteiger partial charge is 0.322 e. The molecule has 218 valence electrons. The number of para-hydroxylation sites is 1. The number of nitrogens with zero attached hydrogens (tertiary/aromatic N) is 3. The molecule has 4 aromatic rings. The number of likely N-dealkylation sites (tertiary alicyclic amines) is 1. The topological polar surface area (TPSA) is 119 Å². The lowest BCUT2D eigenvalue weighted by Gasteiger charge is -2.32. The fourth-order valence-electron chi connectivity index (χ4n) is 4.66. The van der Waals surface area contributed by atoms with Crippen molar-refractivity contribution in [3.05, 3.63) is 95.7 Å². The highest BCUT2D eigenvalue weighted by Crippen LogP contribution is 2.35. The molecule has 0 spiro atoms. The van der Waals surface area contributed by atoms with Crippen LogP contribution in [0.15, 0.2) is 73.4 Å². The number of nitriles is 1. The highest BCUT2D eigenvalue weighted by Gasteiger charge is 2.26. The van der Waals surface area contributed by atoms with Crippen LogP contribution >= 0.6 is 11.6 Å². The van der Waals surface area contributed by atoms with E-state index in [1.165, 1.54) is 17.2 Å². The second-order valence-corrected chi connectivity index (χ2v) is 10.1. The number of pyridine rings is 1. The number of urea groups is 1. The van der Waals surface area contributed by atoms with Gasteiger partial charge in [-0.25, -0.2) is 13.6 Å². The summed E-state index contributed by atoms with van der Waals surface area (Å²) in [6, 6.07) is 15.2. The van der Waals surface area contributed by atoms with Crippen molar-refractivity contribution in [3.8, 4) is 11.8 Å². The Kier molecular flexibility index (Phi) is 8.69. The number of piperidine rings is 1. The van der Waals surface area contributed by atoms with Crippen molar-refractivity contribution in [1.82, 2.24) is 9.88 Å². The van der Waals surface area contributed by atoms with Gasteiger partial charge in [-0.1, -0.05) is 24.2 Å². The van der Waals surface area contributed by atoms with Gasteiger partial charge < -0.3 is 25.6 Å². The Morgan fingerprint density at radius 1 is 1.05 bits per heavy atom. The lowest BCUT2D eigenvalue weighted by molar-refractivity contribution is -0.111. The van der Waals surface area contributed by atoms with Gasteiger partial charge >= 0.3 is 6.03 Å². The predicted molar refractivity (Wildman–Crippen MR) is 161 cm³/mol. The minimum atomic E-state index is -0.845. The molecule has 1 aromatic heterocycles. The molecule has 3 amide bonds. The zero-order valence-corrected chi connectivity index (χ0v) is 23.4. The van der Waals surface area contributed by atoms with E-state index in [2.05, 4.69) is 33.6 Å². The first-order valence-electron chi connectivity index (χ1n) is 13.2. The quantitative estimate of drug-likeness (QED) is 0.196. The average molecular weight is 603 g/mol. The van der Waals surface area contributed by atoms with Crippen LogP contribution in [0.25, 0.3) is 10.9 Å². The van der Waals surface area contributed by atoms with Crippen molar-refractivity contribution in [1.29, 1.82) is 5.26 Å². The molecule has 0 bridgehead atoms. The van der Waals surface area contributed by atoms with Crippen LogP contribution in [0, 0.1) is 23.0 Å². The van der Waals surface area contributed by atoms with E-state index in [1.807, 2.05) is 0 Å². The van der Waals surface area contributed by atoms with Crippen LogP contribution in [-0.4, -0.2) is 41.0 Å². The summed E-state index contributed by atoms with van der Waals surface area (Å²) in [7, 11) is 0. The molecule has 1 aliphatic heterocycles. The number of carbonyl (C=O) groups excluding carboxylic acids is 2. The summed E-state index contributed by atoms with van der Waals surface area (Å²) in [6.45, 7) is 4.11. The highest BCUT2D eigenvalue weighted by atomic mass is 35.5. The van der Waals surface area contributed by atoms with Crippen LogP contribution in [-0.2, 0) is 4.79 Å². The van der Waals surface area contributed by atoms with Gasteiger partial charge in [0.25, 0.3) is 0 Å². The highest BCUT2D eigenvalue weighted by molar-refractivity contribution is 6.32. The molecule has 1 saturated heterocycles. The van der Waals surface area contributed by atoms with Crippen LogP contribution in [0.2, 0.25) is 5.02 Å². The monoisotopic (exact) mass is 602 g/mol. The number of aromatic nitrogens is 1. The molecule has 3 N–H and O–H groups in total. The van der Waals surface area contributed by atoms with Gasteiger partial charge in [-0.2, -0.15) is 5.26 Å². The van der Waals surface area contributed by atoms with E-state index in [4.69, 9.17) is 16.3 Å². The first kappa shape index (κ1) is 29.3. The number of anilines is 4. The van der Waals surface area contributed by atoms with E-state index < -0.39 is 23.4 Å². The minimum Gasteiger partial charge on any atom is -0.489 e. The van der Waals surface area contributed by atoms with Crippen molar-refractivity contribution < 1.29 is 23.1 Å². The predicted octanol–water partition coefficient (Wildman–Crippen LogP) is 6.98. The van der Waals surface area contributed by atoms with Crippen LogP contribution in [0.4, 0.5) is 36.3 Å². The maximum atomic E-state index is 13.9. The van der Waals surface area contributed by atoms with Crippen LogP contribution < -0.4 is 20.7 Å². The van der Waals surface area contributed by atoms with Crippen molar-refractivity contribution in [3.63, 3.8) is 0 Å². The van der Waals surface area contributed by atoms with Crippen molar-refractivity contribution in [2.24, 2.45) is 0 Å². The Morgan fingerprint density at radius 2 is 1.77 bits per heavy atom. The van der Waals surface area contributed by atoms with Gasteiger partial charge in [0.2, 0.25) is 5.91 Å². The molecule has 0 saturated carbocycles. The average Bonchev–Trinajstić information content (AvgIpc) is 3.01. The van der Waals surface area contributed by atoms with Crippen LogP contribution in [0.5, 0.6) is 5.75 Å². The molecule has 3 aromatic carbocycles. The molecule has 43 heavy (non-hydrogen) atoms. The Bertz CT molecular complexity index is 1750. The molecule has 1 aliphatic rings. The molecule has 0 aliphatic carbocycles. The summed E-state index contributed by atoms with van der Waals surface area (Å²) in [5.74, 6) is -1.62. The molecule has 12 heteroatoms. The fraction of sp³-hybridized carbons (Fsp3) is 0.161. The van der Waals surface area contributed by atoms with E-state index in [-0.39, 0.29) is 12.0 Å². The maximum Gasteiger partial charge on any atom is 0.322 e. The number of rotatable bonds is 7. The summed E-state index contributed by atoms with van der Waals surface area (Å²) in [6.07, 6.45) is 3.37. The molecular formula is C31H25ClF2N6O3. The third-order valence-electron chi connectivity index (χ3n) is 6.86. The molecule has 0 radical (unpaired) electrons. The normalized spacial score (nSPS) is 13.2. The molecular weight excluding hydrogens is 578 g/mol. The third kappa shape index (κ3) is 6.66. The summed E-state index contributed by atoms with van der Waals surface area (Å²) in [4.78, 5) is 30.1. The number of hydrogen-bond donors (Lipinski definition) is 3. The summed E-state index contributed by atoms with van der Waals surface area (Å²) in [5, 5.41) is 18.9. The number of nitrogens with one attached hydrogen (secondary N) is 3. The van der Waals surface area contributed by atoms with E-state index in [0.717, 1.165) is 18.2 Å². The van der Waals surface area contributed by atoms with Gasteiger partial charge in [-0.15, -0.1) is 0 Å². The first-order chi connectivity index (χ1) is 20.7. The molecule has 0 unspecified atom stereocenters. The first-order valence-corrected chi connectivity index (χ1v) is 13.6. The summed E-state index contributed by atoms with van der Waals surface area (Å²) in [5.41, 5.74) is 2.03. The van der Waals surface area contributed by atoms with Gasteiger partial charge in [-0.05, 0) is 54.6 Å². The maximum absolute atomic E-state index is 13.9. The number of halogens is 3. The Morgan fingerprint density at radius 3 is 2.44 bits per heavy atom. The molecule has 1 fully saturated rings. The van der Waals surface area contributed by atoms with Gasteiger partial charge in [0, 0.05) is 48.9 Å². The largest absolute Gasteiger partial charge is 0.489 e. The summed E-state index contributed by atoms with van der Waals surface area (Å²) < 4.78 is 33.9. The molecule has 2 heterocycles. The number of carbonyl (C=O) groups is 2. The number of ether oxygens (including phenoxy) is 1.